The lowest BCUT2D eigenvalue weighted by atomic mass is 9.54. The number of carbonyl (C=O) groups excluding carboxylic acids is 4. The molecule has 2 aromatic carbocycles. The van der Waals surface area contributed by atoms with Gasteiger partial charge in [0.05, 0.1) is 46.1 Å². The maximum atomic E-state index is 14.0. The van der Waals surface area contributed by atoms with E-state index in [4.69, 9.17) is 28.4 Å². The van der Waals surface area contributed by atoms with Crippen molar-refractivity contribution >= 4 is 63.8 Å². The summed E-state index contributed by atoms with van der Waals surface area (Å²) in [6.07, 6.45) is 2.52. The minimum atomic E-state index is -1.26. The molecule has 55 heavy (non-hydrogen) atoms. The first-order chi connectivity index (χ1) is 25.3. The maximum Gasteiger partial charge on any atom is 0.320 e. The van der Waals surface area contributed by atoms with Gasteiger partial charge in [-0.3, -0.25) is 19.2 Å². The van der Waals surface area contributed by atoms with Gasteiger partial charge in [0.2, 0.25) is 0 Å². The predicted molar refractivity (Wildman–Crippen MR) is 213 cm³/mol. The average molecular weight is 890 g/mol. The second kappa shape index (κ2) is 18.4. The molecule has 2 saturated carbocycles. The summed E-state index contributed by atoms with van der Waals surface area (Å²) in [5, 5.41) is 0. The van der Waals surface area contributed by atoms with Crippen LogP contribution in [0.5, 0.6) is 0 Å². The Morgan fingerprint density at radius 3 is 1.87 bits per heavy atom. The molecule has 3 saturated heterocycles. The lowest BCUT2D eigenvalue weighted by Crippen LogP contribution is -2.70. The zero-order chi connectivity index (χ0) is 38.0. The molecule has 4 unspecified atom stereocenters. The van der Waals surface area contributed by atoms with Crippen molar-refractivity contribution in [3.63, 3.8) is 0 Å². The highest BCUT2D eigenvalue weighted by molar-refractivity contribution is 9.10. The monoisotopic (exact) mass is 888 g/mol. The minimum Gasteiger partial charge on any atom is -0.468 e. The van der Waals surface area contributed by atoms with Crippen molar-refractivity contribution in [3.05, 3.63) is 68.6 Å². The van der Waals surface area contributed by atoms with Gasteiger partial charge >= 0.3 is 11.9 Å². The van der Waals surface area contributed by atoms with Gasteiger partial charge in [-0.15, -0.1) is 0 Å². The van der Waals surface area contributed by atoms with Crippen molar-refractivity contribution in [2.24, 2.45) is 28.6 Å². The van der Waals surface area contributed by atoms with E-state index < -0.39 is 40.3 Å². The molecular formula is C41H53BBr2NO10. The molecule has 3 radical (unpaired) electrons. The topological polar surface area (TPSA) is 127 Å². The third kappa shape index (κ3) is 9.64. The molecule has 2 aliphatic carbocycles. The number of methoxy groups -OCH3 is 2. The number of rotatable bonds is 8. The number of hydrogen-bond acceptors (Lipinski definition) is 11. The number of ether oxygens (including phenoxy) is 6. The molecule has 299 valence electrons. The van der Waals surface area contributed by atoms with Gasteiger partial charge in [0.15, 0.2) is 23.1 Å². The lowest BCUT2D eigenvalue weighted by Gasteiger charge is -2.57. The van der Waals surface area contributed by atoms with Crippen molar-refractivity contribution in [1.82, 2.24) is 4.90 Å². The minimum absolute atomic E-state index is 0. The number of halogens is 2. The fraction of sp³-hybridized carbons (Fsp3) is 0.610. The quantitative estimate of drug-likeness (QED) is 0.177. The number of carbonyl (C=O) groups is 4. The van der Waals surface area contributed by atoms with Crippen molar-refractivity contribution in [2.75, 3.05) is 60.3 Å². The number of ketones is 2. The van der Waals surface area contributed by atoms with Crippen LogP contribution in [0.25, 0.3) is 0 Å². The SMILES string of the molecule is C.COC(=O)C12CN(CC(C)C)CC(Cc3ccc(Br)cc3)(CC3(C1)OCCO3)C2=O.COC(=O)C1CC2(CC(Cc3ccc(Br)cc3)C1=O)OCCO2.[B]. The van der Waals surface area contributed by atoms with Gasteiger partial charge in [-0.25, -0.2) is 0 Å². The number of fused-ring (bicyclic) bond motifs is 2. The van der Waals surface area contributed by atoms with Gasteiger partial charge in [-0.1, -0.05) is 77.4 Å². The molecule has 14 heteroatoms. The van der Waals surface area contributed by atoms with E-state index >= 15 is 0 Å². The summed E-state index contributed by atoms with van der Waals surface area (Å²) in [5.74, 6) is -3.51. The maximum absolute atomic E-state index is 14.0. The number of esters is 2. The van der Waals surface area contributed by atoms with Crippen LogP contribution in [0.15, 0.2) is 57.5 Å². The van der Waals surface area contributed by atoms with E-state index in [0.29, 0.717) is 71.1 Å². The van der Waals surface area contributed by atoms with E-state index in [0.717, 1.165) is 26.6 Å². The van der Waals surface area contributed by atoms with Gasteiger partial charge in [0.25, 0.3) is 0 Å². The second-order valence-corrected chi connectivity index (χ2v) is 17.4. The van der Waals surface area contributed by atoms with Crippen molar-refractivity contribution in [3.8, 4) is 0 Å². The van der Waals surface area contributed by atoms with Crippen LogP contribution in [0.4, 0.5) is 0 Å². The molecule has 7 rings (SSSR count). The highest BCUT2D eigenvalue weighted by atomic mass is 79.9. The van der Waals surface area contributed by atoms with Crippen LogP contribution in [-0.4, -0.2) is 109 Å². The van der Waals surface area contributed by atoms with Crippen molar-refractivity contribution < 1.29 is 47.6 Å². The molecule has 0 amide bonds. The normalized spacial score (nSPS) is 27.8. The number of Topliss-reactive ketones (excluding diaryl/α,β-unsaturated/α-hetero) is 2. The van der Waals surface area contributed by atoms with Gasteiger partial charge in [0, 0.05) is 68.6 Å². The highest BCUT2D eigenvalue weighted by Gasteiger charge is 2.69. The van der Waals surface area contributed by atoms with E-state index in [9.17, 15) is 19.2 Å². The lowest BCUT2D eigenvalue weighted by molar-refractivity contribution is -0.241. The van der Waals surface area contributed by atoms with Crippen LogP contribution in [0.1, 0.15) is 58.1 Å². The number of benzene rings is 2. The zero-order valence-corrected chi connectivity index (χ0v) is 34.6. The smallest absolute Gasteiger partial charge is 0.320 e. The summed E-state index contributed by atoms with van der Waals surface area (Å²) < 4.78 is 35.6. The Kier molecular flexibility index (Phi) is 15.2. The van der Waals surface area contributed by atoms with E-state index in [1.165, 1.54) is 14.2 Å². The first-order valence-corrected chi connectivity index (χ1v) is 19.9. The number of hydrogen-bond donors (Lipinski definition) is 0. The Morgan fingerprint density at radius 2 is 1.35 bits per heavy atom. The van der Waals surface area contributed by atoms with Crippen LogP contribution in [0, 0.1) is 28.6 Å². The number of nitrogens with zero attached hydrogens (tertiary/aromatic N) is 1. The van der Waals surface area contributed by atoms with Crippen molar-refractivity contribution in [1.29, 1.82) is 0 Å². The molecule has 3 aliphatic heterocycles. The van der Waals surface area contributed by atoms with E-state index in [2.05, 4.69) is 50.6 Å². The third-order valence-electron chi connectivity index (χ3n) is 11.1. The summed E-state index contributed by atoms with van der Waals surface area (Å²) in [6, 6.07) is 15.9. The first kappa shape index (κ1) is 45.2. The molecular weight excluding hydrogens is 837 g/mol. The Balaban J connectivity index is 0.000000244. The number of piperidine rings is 1. The van der Waals surface area contributed by atoms with E-state index in [1.54, 1.807) is 0 Å². The average Bonchev–Trinajstić information content (AvgIpc) is 3.78. The van der Waals surface area contributed by atoms with Crippen LogP contribution in [-0.2, 0) is 60.4 Å². The third-order valence-corrected chi connectivity index (χ3v) is 12.2. The molecule has 3 heterocycles. The molecule has 4 atom stereocenters. The summed E-state index contributed by atoms with van der Waals surface area (Å²) in [6.45, 7) is 8.03. The van der Waals surface area contributed by atoms with Crippen molar-refractivity contribution in [2.45, 2.75) is 71.4 Å². The van der Waals surface area contributed by atoms with Gasteiger partial charge in [-0.05, 0) is 54.2 Å². The number of likely N-dealkylation sites (tertiary alicyclic amines) is 1. The molecule has 0 aromatic heterocycles. The Hall–Kier alpha value is -2.46. The fourth-order valence-corrected chi connectivity index (χ4v) is 9.73. The van der Waals surface area contributed by atoms with Crippen LogP contribution in [0.2, 0.25) is 0 Å². The fourth-order valence-electron chi connectivity index (χ4n) is 9.20. The van der Waals surface area contributed by atoms with Gasteiger partial charge < -0.3 is 33.3 Å². The Bertz CT molecular complexity index is 1660. The summed E-state index contributed by atoms with van der Waals surface area (Å²) in [5.41, 5.74) is 0.0781. The molecule has 2 aromatic rings. The molecule has 2 bridgehead atoms. The summed E-state index contributed by atoms with van der Waals surface area (Å²) >= 11 is 6.88. The van der Waals surface area contributed by atoms with Gasteiger partial charge in [0.1, 0.15) is 11.3 Å². The van der Waals surface area contributed by atoms with Gasteiger partial charge in [-0.2, -0.15) is 0 Å². The zero-order valence-electron chi connectivity index (χ0n) is 31.4. The molecule has 2 spiro atoms. The molecule has 5 aliphatic rings. The Labute approximate surface area is 343 Å². The highest BCUT2D eigenvalue weighted by Crippen LogP contribution is 2.56. The largest absolute Gasteiger partial charge is 0.468 e. The van der Waals surface area contributed by atoms with E-state index in [-0.39, 0.29) is 46.2 Å². The second-order valence-electron chi connectivity index (χ2n) is 15.5. The molecule has 0 N–H and O–H groups in total. The summed E-state index contributed by atoms with van der Waals surface area (Å²) in [7, 11) is 2.66. The van der Waals surface area contributed by atoms with Crippen LogP contribution < -0.4 is 0 Å². The van der Waals surface area contributed by atoms with Crippen LogP contribution >= 0.6 is 31.9 Å². The predicted octanol–water partition coefficient (Wildman–Crippen LogP) is 5.97. The molecule has 5 fully saturated rings. The summed E-state index contributed by atoms with van der Waals surface area (Å²) in [4.78, 5) is 54.2. The van der Waals surface area contributed by atoms with Crippen LogP contribution in [0.3, 0.4) is 0 Å². The standard InChI is InChI=1S/C23H30BrNO5.C17H19BrO5.CH4.B/c1-16(2)11-25-14-21(10-17-4-6-18(24)7-5-17)12-23(29-8-9-30-23)13-22(15-25,19(21)26)20(27)28-3;1-21-16(20)14-10-17(22-6-7-23-17)9-12(15(14)19)8-11-2-4-13(18)5-3-11;;/h4-7,16H,8-15H2,1-3H3;2-5,12,14H,6-10H2,1H3;1H4;. The first-order valence-electron chi connectivity index (χ1n) is 18.3. The Morgan fingerprint density at radius 1 is 0.800 bits per heavy atom. The molecule has 11 nitrogen and oxygen atoms in total. The van der Waals surface area contributed by atoms with E-state index in [1.807, 2.05) is 48.5 Å².